The van der Waals surface area contributed by atoms with Gasteiger partial charge in [0.15, 0.2) is 0 Å². The van der Waals surface area contributed by atoms with Crippen LogP contribution in [0, 0.1) is 16.7 Å². The van der Waals surface area contributed by atoms with E-state index in [0.717, 1.165) is 18.4 Å². The Labute approximate surface area is 79.0 Å². The summed E-state index contributed by atoms with van der Waals surface area (Å²) in [7, 11) is 0. The van der Waals surface area contributed by atoms with E-state index in [-0.39, 0.29) is 5.41 Å². The van der Waals surface area contributed by atoms with Gasteiger partial charge in [-0.1, -0.05) is 18.7 Å². The minimum atomic E-state index is -0.351. The Morgan fingerprint density at radius 1 is 1.62 bits per heavy atom. The van der Waals surface area contributed by atoms with Gasteiger partial charge in [-0.3, -0.25) is 0 Å². The third kappa shape index (κ3) is 2.00. The summed E-state index contributed by atoms with van der Waals surface area (Å²) >= 11 is 0. The summed E-state index contributed by atoms with van der Waals surface area (Å²) in [4.78, 5) is 0. The number of rotatable bonds is 3. The normalized spacial score (nSPS) is 20.6. The van der Waals surface area contributed by atoms with Crippen LogP contribution in [0.15, 0.2) is 36.1 Å². The number of hydrogen-bond donors (Lipinski definition) is 1. The van der Waals surface area contributed by atoms with Gasteiger partial charge in [-0.05, 0) is 31.4 Å². The van der Waals surface area contributed by atoms with E-state index in [0.29, 0.717) is 5.70 Å². The fraction of sp³-hybridized carbons (Fsp3) is 0.364. The highest BCUT2D eigenvalue weighted by Crippen LogP contribution is 2.49. The van der Waals surface area contributed by atoms with Gasteiger partial charge in [0.1, 0.15) is 0 Å². The molecule has 2 nitrogen and oxygen atoms in total. The predicted molar refractivity (Wildman–Crippen MR) is 53.5 cm³/mol. The maximum Gasteiger partial charge on any atom is 0.0967 e. The molecular formula is C11H14N2. The van der Waals surface area contributed by atoms with Crippen molar-refractivity contribution in [3.8, 4) is 6.07 Å². The molecule has 0 aromatic carbocycles. The fourth-order valence-corrected chi connectivity index (χ4v) is 1.21. The molecule has 1 fully saturated rings. The van der Waals surface area contributed by atoms with Crippen LogP contribution in [0.25, 0.3) is 0 Å². The Morgan fingerprint density at radius 3 is 2.62 bits per heavy atom. The molecule has 0 bridgehead atoms. The Kier molecular flexibility index (Phi) is 2.57. The van der Waals surface area contributed by atoms with Crippen molar-refractivity contribution in [2.45, 2.75) is 19.8 Å². The molecule has 0 atom stereocenters. The number of nitrogens with two attached hydrogens (primary N) is 1. The van der Waals surface area contributed by atoms with Gasteiger partial charge in [0.2, 0.25) is 0 Å². The third-order valence-electron chi connectivity index (χ3n) is 2.28. The van der Waals surface area contributed by atoms with Gasteiger partial charge in [0.05, 0.1) is 11.5 Å². The molecule has 2 N–H and O–H groups in total. The first kappa shape index (κ1) is 9.60. The average molecular weight is 174 g/mol. The summed E-state index contributed by atoms with van der Waals surface area (Å²) < 4.78 is 0. The zero-order valence-electron chi connectivity index (χ0n) is 7.88. The lowest BCUT2D eigenvalue weighted by Crippen LogP contribution is -2.10. The summed E-state index contributed by atoms with van der Waals surface area (Å²) in [6, 6.07) is 2.25. The van der Waals surface area contributed by atoms with Crippen molar-refractivity contribution >= 4 is 0 Å². The smallest absolute Gasteiger partial charge is 0.0967 e. The van der Waals surface area contributed by atoms with E-state index in [4.69, 9.17) is 11.0 Å². The van der Waals surface area contributed by atoms with E-state index >= 15 is 0 Å². The molecule has 68 valence electrons. The molecule has 1 aliphatic rings. The molecule has 0 aliphatic heterocycles. The largest absolute Gasteiger partial charge is 0.401 e. The summed E-state index contributed by atoms with van der Waals surface area (Å²) in [6.45, 7) is 5.54. The molecular weight excluding hydrogens is 160 g/mol. The topological polar surface area (TPSA) is 49.8 Å². The highest BCUT2D eigenvalue weighted by molar-refractivity contribution is 5.34. The van der Waals surface area contributed by atoms with E-state index in [1.165, 1.54) is 0 Å². The average Bonchev–Trinajstić information content (AvgIpc) is 2.84. The third-order valence-corrected chi connectivity index (χ3v) is 2.28. The minimum Gasteiger partial charge on any atom is -0.401 e. The quantitative estimate of drug-likeness (QED) is 0.667. The summed E-state index contributed by atoms with van der Waals surface area (Å²) in [5, 5.41) is 8.86. The standard InChI is InChI=1S/C11H14N2/c1-3-4-9(2)7-10(13)11(8-12)5-6-11/h3-4,7H,1,5-6,13H2,2H3/b9-4-,10-7-. The Morgan fingerprint density at radius 2 is 2.23 bits per heavy atom. The molecule has 1 saturated carbocycles. The summed E-state index contributed by atoms with van der Waals surface area (Å²) in [5.74, 6) is 0. The predicted octanol–water partition coefficient (Wildman–Crippen LogP) is 2.27. The Bertz CT molecular complexity index is 311. The van der Waals surface area contributed by atoms with Crippen molar-refractivity contribution in [2.24, 2.45) is 11.1 Å². The van der Waals surface area contributed by atoms with Gasteiger partial charge in [0, 0.05) is 5.70 Å². The van der Waals surface area contributed by atoms with Crippen LogP contribution in [-0.2, 0) is 0 Å². The molecule has 1 aliphatic carbocycles. The van der Waals surface area contributed by atoms with Crippen LogP contribution in [0.2, 0.25) is 0 Å². The van der Waals surface area contributed by atoms with Crippen molar-refractivity contribution in [3.63, 3.8) is 0 Å². The van der Waals surface area contributed by atoms with E-state index in [1.54, 1.807) is 6.08 Å². The fourth-order valence-electron chi connectivity index (χ4n) is 1.21. The summed E-state index contributed by atoms with van der Waals surface area (Å²) in [6.07, 6.45) is 7.24. The lowest BCUT2D eigenvalue weighted by atomic mass is 10.0. The number of hydrogen-bond acceptors (Lipinski definition) is 2. The maximum absolute atomic E-state index is 8.86. The zero-order valence-corrected chi connectivity index (χ0v) is 7.88. The van der Waals surface area contributed by atoms with Crippen LogP contribution in [0.4, 0.5) is 0 Å². The number of nitriles is 1. The van der Waals surface area contributed by atoms with Gasteiger partial charge in [0.25, 0.3) is 0 Å². The lowest BCUT2D eigenvalue weighted by Gasteiger charge is -2.05. The van der Waals surface area contributed by atoms with Crippen LogP contribution in [0.1, 0.15) is 19.8 Å². The van der Waals surface area contributed by atoms with Gasteiger partial charge in [-0.15, -0.1) is 0 Å². The molecule has 0 radical (unpaired) electrons. The number of allylic oxidation sites excluding steroid dienone is 5. The van der Waals surface area contributed by atoms with E-state index < -0.39 is 0 Å². The van der Waals surface area contributed by atoms with Crippen LogP contribution in [0.3, 0.4) is 0 Å². The first-order chi connectivity index (χ1) is 6.14. The molecule has 1 rings (SSSR count). The van der Waals surface area contributed by atoms with Crippen LogP contribution in [0.5, 0.6) is 0 Å². The van der Waals surface area contributed by atoms with Crippen molar-refractivity contribution < 1.29 is 0 Å². The van der Waals surface area contributed by atoms with Crippen LogP contribution < -0.4 is 5.73 Å². The highest BCUT2D eigenvalue weighted by atomic mass is 14.7. The van der Waals surface area contributed by atoms with E-state index in [2.05, 4.69) is 12.6 Å². The molecule has 0 heterocycles. The minimum absolute atomic E-state index is 0.351. The second-order valence-electron chi connectivity index (χ2n) is 3.44. The zero-order chi connectivity index (χ0) is 9.90. The van der Waals surface area contributed by atoms with Gasteiger partial charge in [-0.25, -0.2) is 0 Å². The van der Waals surface area contributed by atoms with Gasteiger partial charge >= 0.3 is 0 Å². The monoisotopic (exact) mass is 174 g/mol. The SMILES string of the molecule is C=C/C=C(C)\C=C(/N)C1(C#N)CC1. The van der Waals surface area contributed by atoms with Crippen molar-refractivity contribution in [1.82, 2.24) is 0 Å². The Hall–Kier alpha value is -1.49. The highest BCUT2D eigenvalue weighted by Gasteiger charge is 2.45. The number of nitrogens with zero attached hydrogens (tertiary/aromatic N) is 1. The second kappa shape index (κ2) is 3.49. The van der Waals surface area contributed by atoms with Gasteiger partial charge in [-0.2, -0.15) is 5.26 Å². The van der Waals surface area contributed by atoms with Crippen LogP contribution in [-0.4, -0.2) is 0 Å². The molecule has 0 unspecified atom stereocenters. The lowest BCUT2D eigenvalue weighted by molar-refractivity contribution is 0.786. The van der Waals surface area contributed by atoms with E-state index in [9.17, 15) is 0 Å². The molecule has 0 spiro atoms. The van der Waals surface area contributed by atoms with Gasteiger partial charge < -0.3 is 5.73 Å². The Balaban J connectivity index is 2.79. The summed E-state index contributed by atoms with van der Waals surface area (Å²) in [5.41, 5.74) is 7.19. The first-order valence-electron chi connectivity index (χ1n) is 4.33. The maximum atomic E-state index is 8.86. The molecule has 2 heteroatoms. The molecule has 13 heavy (non-hydrogen) atoms. The second-order valence-corrected chi connectivity index (χ2v) is 3.44. The molecule has 0 aromatic rings. The van der Waals surface area contributed by atoms with E-state index in [1.807, 2.05) is 19.1 Å². The first-order valence-corrected chi connectivity index (χ1v) is 4.33. The van der Waals surface area contributed by atoms with Crippen molar-refractivity contribution in [2.75, 3.05) is 0 Å². The van der Waals surface area contributed by atoms with Crippen LogP contribution >= 0.6 is 0 Å². The molecule has 0 saturated heterocycles. The van der Waals surface area contributed by atoms with Crippen molar-refractivity contribution in [1.29, 1.82) is 5.26 Å². The molecule has 0 aromatic heterocycles. The molecule has 0 amide bonds. The van der Waals surface area contributed by atoms with Crippen molar-refractivity contribution in [3.05, 3.63) is 36.1 Å².